The Morgan fingerprint density at radius 1 is 1.53 bits per heavy atom. The number of nitrogens with zero attached hydrogens (tertiary/aromatic N) is 1. The van der Waals surface area contributed by atoms with Gasteiger partial charge in [-0.3, -0.25) is 9.52 Å². The van der Waals surface area contributed by atoms with Crippen molar-refractivity contribution < 1.29 is 4.79 Å². The van der Waals surface area contributed by atoms with Crippen molar-refractivity contribution in [3.05, 3.63) is 30.3 Å². The van der Waals surface area contributed by atoms with E-state index in [-0.39, 0.29) is 18.9 Å². The van der Waals surface area contributed by atoms with Gasteiger partial charge in [-0.25, -0.2) is 5.26 Å². The number of carbonyl (C=O) groups excluding carboxylic acids is 1. The first-order valence-electron chi connectivity index (χ1n) is 4.62. The van der Waals surface area contributed by atoms with Gasteiger partial charge >= 0.3 is 0 Å². The summed E-state index contributed by atoms with van der Waals surface area (Å²) in [7, 11) is 0. The average Bonchev–Trinajstić information content (AvgIpc) is 2.27. The molecule has 0 saturated carbocycles. The molecule has 0 atom stereocenters. The highest BCUT2D eigenvalue weighted by Crippen LogP contribution is 2.13. The van der Waals surface area contributed by atoms with Crippen LogP contribution >= 0.6 is 11.9 Å². The van der Waals surface area contributed by atoms with Crippen molar-refractivity contribution in [2.75, 3.05) is 0 Å². The van der Waals surface area contributed by atoms with Crippen molar-refractivity contribution in [3.8, 4) is 5.97 Å². The zero-order valence-electron chi connectivity index (χ0n) is 8.43. The van der Waals surface area contributed by atoms with Crippen LogP contribution in [0.5, 0.6) is 0 Å². The summed E-state index contributed by atoms with van der Waals surface area (Å²) in [5.74, 6) is 1.91. The van der Waals surface area contributed by atoms with Gasteiger partial charge in [0.25, 0.3) is 6.71 Å². The Bertz CT molecular complexity index is 363. The zero-order valence-corrected chi connectivity index (χ0v) is 9.25. The molecule has 5 heteroatoms. The molecule has 0 radical (unpaired) electrons. The maximum atomic E-state index is 11.3. The van der Waals surface area contributed by atoms with Gasteiger partial charge in [-0.05, 0) is 24.1 Å². The summed E-state index contributed by atoms with van der Waals surface area (Å²) >= 11 is 1.27. The maximum absolute atomic E-state index is 11.3. The van der Waals surface area contributed by atoms with E-state index in [0.29, 0.717) is 0 Å². The number of rotatable bonds is 4. The second-order valence-electron chi connectivity index (χ2n) is 3.17. The predicted octanol–water partition coefficient (Wildman–Crippen LogP) is 2.00. The summed E-state index contributed by atoms with van der Waals surface area (Å²) in [6.07, 6.45) is 0.246. The van der Waals surface area contributed by atoms with Gasteiger partial charge in [0.05, 0.1) is 0 Å². The summed E-state index contributed by atoms with van der Waals surface area (Å²) in [6, 6.07) is 9.57. The van der Waals surface area contributed by atoms with Crippen LogP contribution in [-0.4, -0.2) is 12.6 Å². The Morgan fingerprint density at radius 3 is 2.80 bits per heavy atom. The fourth-order valence-corrected chi connectivity index (χ4v) is 1.58. The number of nitriles is 1. The fourth-order valence-electron chi connectivity index (χ4n) is 0.970. The highest BCUT2D eigenvalue weighted by molar-refractivity contribution is 7.98. The Kier molecular flexibility index (Phi) is 4.78. The molecule has 3 nitrogen and oxygen atoms in total. The summed E-state index contributed by atoms with van der Waals surface area (Å²) in [5, 5.41) is 8.53. The molecule has 1 aromatic carbocycles. The first kappa shape index (κ1) is 11.7. The van der Waals surface area contributed by atoms with Crippen LogP contribution in [0, 0.1) is 11.2 Å². The standard InChI is InChI=1S/C10H11BN2OS/c1-11(8-12)7-10(14)13-15-9-5-3-2-4-6-9/h2-6H,7H2,1H3,(H,13,14). The number of carbonyl (C=O) groups is 1. The van der Waals surface area contributed by atoms with Crippen LogP contribution in [0.15, 0.2) is 35.2 Å². The molecular weight excluding hydrogens is 207 g/mol. The van der Waals surface area contributed by atoms with Crippen LogP contribution in [0.25, 0.3) is 0 Å². The van der Waals surface area contributed by atoms with Gasteiger partial charge in [-0.1, -0.05) is 25.0 Å². The molecule has 0 spiro atoms. The van der Waals surface area contributed by atoms with E-state index in [1.54, 1.807) is 6.82 Å². The van der Waals surface area contributed by atoms with Crippen LogP contribution in [0.1, 0.15) is 0 Å². The number of benzene rings is 1. The predicted molar refractivity (Wildman–Crippen MR) is 62.5 cm³/mol. The van der Waals surface area contributed by atoms with Gasteiger partial charge in [-0.15, -0.1) is 0 Å². The Balaban J connectivity index is 2.32. The fraction of sp³-hybridized carbons (Fsp3) is 0.200. The van der Waals surface area contributed by atoms with Crippen molar-refractivity contribution in [1.29, 1.82) is 5.26 Å². The van der Waals surface area contributed by atoms with E-state index in [1.165, 1.54) is 11.9 Å². The molecule has 1 rings (SSSR count). The van der Waals surface area contributed by atoms with E-state index in [4.69, 9.17) is 5.26 Å². The van der Waals surface area contributed by atoms with Crippen molar-refractivity contribution in [3.63, 3.8) is 0 Å². The van der Waals surface area contributed by atoms with E-state index >= 15 is 0 Å². The van der Waals surface area contributed by atoms with E-state index in [1.807, 2.05) is 36.3 Å². The monoisotopic (exact) mass is 218 g/mol. The molecule has 0 heterocycles. The lowest BCUT2D eigenvalue weighted by molar-refractivity contribution is -0.117. The number of hydrogen-bond donors (Lipinski definition) is 1. The smallest absolute Gasteiger partial charge is 0.274 e. The SMILES string of the molecule is CB(C#N)CC(=O)NSc1ccccc1. The maximum Gasteiger partial charge on any atom is 0.274 e. The van der Waals surface area contributed by atoms with Gasteiger partial charge in [0.2, 0.25) is 5.91 Å². The molecule has 0 bridgehead atoms. The molecule has 0 fully saturated rings. The second-order valence-corrected chi connectivity index (χ2v) is 4.05. The Hall–Kier alpha value is -1.41. The zero-order chi connectivity index (χ0) is 11.1. The van der Waals surface area contributed by atoms with Crippen molar-refractivity contribution in [2.45, 2.75) is 18.0 Å². The van der Waals surface area contributed by atoms with Crippen molar-refractivity contribution >= 4 is 24.6 Å². The lowest BCUT2D eigenvalue weighted by Gasteiger charge is -2.03. The lowest BCUT2D eigenvalue weighted by Crippen LogP contribution is -2.21. The van der Waals surface area contributed by atoms with E-state index in [9.17, 15) is 4.79 Å². The lowest BCUT2D eigenvalue weighted by atomic mass is 9.51. The summed E-state index contributed by atoms with van der Waals surface area (Å²) in [6.45, 7) is 1.49. The normalized spacial score (nSPS) is 9.07. The summed E-state index contributed by atoms with van der Waals surface area (Å²) < 4.78 is 2.69. The molecule has 0 unspecified atom stereocenters. The molecule has 1 amide bonds. The van der Waals surface area contributed by atoms with E-state index in [2.05, 4.69) is 4.72 Å². The third-order valence-electron chi connectivity index (χ3n) is 1.74. The highest BCUT2D eigenvalue weighted by atomic mass is 32.2. The molecule has 0 saturated heterocycles. The third kappa shape index (κ3) is 4.57. The first-order chi connectivity index (χ1) is 7.22. The van der Waals surface area contributed by atoms with Gasteiger partial charge < -0.3 is 0 Å². The van der Waals surface area contributed by atoms with Crippen LogP contribution in [-0.2, 0) is 4.79 Å². The van der Waals surface area contributed by atoms with Gasteiger partial charge in [0.1, 0.15) is 0 Å². The summed E-state index contributed by atoms with van der Waals surface area (Å²) in [5.41, 5.74) is 0. The second kappa shape index (κ2) is 6.15. The Morgan fingerprint density at radius 2 is 2.20 bits per heavy atom. The molecular formula is C10H11BN2OS. The third-order valence-corrected chi connectivity index (χ3v) is 2.58. The number of hydrogen-bond acceptors (Lipinski definition) is 3. The largest absolute Gasteiger partial charge is 0.297 e. The van der Waals surface area contributed by atoms with Gasteiger partial charge in [0, 0.05) is 17.2 Å². The van der Waals surface area contributed by atoms with Gasteiger partial charge in [-0.2, -0.15) is 0 Å². The minimum Gasteiger partial charge on any atom is -0.297 e. The molecule has 76 valence electrons. The molecule has 1 N–H and O–H groups in total. The summed E-state index contributed by atoms with van der Waals surface area (Å²) in [4.78, 5) is 12.3. The average molecular weight is 218 g/mol. The van der Waals surface area contributed by atoms with Gasteiger partial charge in [0.15, 0.2) is 0 Å². The van der Waals surface area contributed by atoms with Crippen LogP contribution in [0.4, 0.5) is 0 Å². The Labute approximate surface area is 94.1 Å². The molecule has 0 aromatic heterocycles. The topological polar surface area (TPSA) is 52.9 Å². The molecule has 0 aliphatic rings. The van der Waals surface area contributed by atoms with Crippen LogP contribution in [0.3, 0.4) is 0 Å². The highest BCUT2D eigenvalue weighted by Gasteiger charge is 2.11. The number of nitrogens with one attached hydrogen (secondary N) is 1. The molecule has 0 aliphatic heterocycles. The quantitative estimate of drug-likeness (QED) is 0.621. The minimum absolute atomic E-state index is 0.113. The first-order valence-corrected chi connectivity index (χ1v) is 5.44. The van der Waals surface area contributed by atoms with Crippen molar-refractivity contribution in [1.82, 2.24) is 4.72 Å². The molecule has 15 heavy (non-hydrogen) atoms. The number of amides is 1. The molecule has 0 aliphatic carbocycles. The van der Waals surface area contributed by atoms with Crippen LogP contribution in [0.2, 0.25) is 13.1 Å². The van der Waals surface area contributed by atoms with E-state index in [0.717, 1.165) is 4.90 Å². The minimum atomic E-state index is -0.235. The van der Waals surface area contributed by atoms with E-state index < -0.39 is 0 Å². The van der Waals surface area contributed by atoms with Crippen LogP contribution < -0.4 is 4.72 Å². The molecule has 1 aromatic rings. The van der Waals surface area contributed by atoms with Crippen molar-refractivity contribution in [2.24, 2.45) is 0 Å².